The second-order valence-corrected chi connectivity index (χ2v) is 3.14. The molecule has 0 aromatic heterocycles. The van der Waals surface area contributed by atoms with Gasteiger partial charge in [-0.2, -0.15) is 0 Å². The van der Waals surface area contributed by atoms with Crippen molar-refractivity contribution in [3.63, 3.8) is 0 Å². The normalized spacial score (nSPS) is 25.9. The molecule has 0 unspecified atom stereocenters. The molecule has 1 rings (SSSR count). The van der Waals surface area contributed by atoms with E-state index in [-0.39, 0.29) is 17.8 Å². The Balaban J connectivity index is 2.44. The molecule has 2 atom stereocenters. The monoisotopic (exact) mass is 180 g/mol. The number of rotatable bonds is 1. The van der Waals surface area contributed by atoms with Crippen LogP contribution in [0.15, 0.2) is 0 Å². The minimum absolute atomic E-state index is 0.0176. The van der Waals surface area contributed by atoms with Crippen molar-refractivity contribution in [3.8, 4) is 11.8 Å². The summed E-state index contributed by atoms with van der Waals surface area (Å²) in [6.45, 7) is 0. The zero-order valence-electron chi connectivity index (χ0n) is 7.58. The Morgan fingerprint density at radius 3 is 2.92 bits per heavy atom. The third kappa shape index (κ3) is 2.59. The number of hydrogen-bond donors (Lipinski definition) is 0. The molecule has 0 aliphatic heterocycles. The van der Waals surface area contributed by atoms with E-state index in [2.05, 4.69) is 16.6 Å². The van der Waals surface area contributed by atoms with Crippen LogP contribution in [0.5, 0.6) is 0 Å². The van der Waals surface area contributed by atoms with Crippen LogP contribution >= 0.6 is 0 Å². The van der Waals surface area contributed by atoms with Crippen molar-refractivity contribution in [1.29, 1.82) is 0 Å². The minimum atomic E-state index is -0.157. The van der Waals surface area contributed by atoms with E-state index in [0.717, 1.165) is 19.3 Å². The molecule has 3 nitrogen and oxygen atoms in total. The Hall–Kier alpha value is -1.30. The highest BCUT2D eigenvalue weighted by Crippen LogP contribution is 2.30. The smallest absolute Gasteiger partial charge is 0.308 e. The van der Waals surface area contributed by atoms with Gasteiger partial charge in [0, 0.05) is 5.92 Å². The molecule has 3 heteroatoms. The standard InChI is InChI=1S/C10H12O3/c1-13-10(12)9-5-4-8(7-9)3-2-6-11/h6,8-9H,4-5,7H2,1H3/t8-,9+/m1/s1. The van der Waals surface area contributed by atoms with E-state index < -0.39 is 0 Å². The summed E-state index contributed by atoms with van der Waals surface area (Å²) in [6, 6.07) is 0. The fraction of sp³-hybridized carbons (Fsp3) is 0.600. The van der Waals surface area contributed by atoms with E-state index in [0.29, 0.717) is 6.29 Å². The van der Waals surface area contributed by atoms with Crippen LogP contribution < -0.4 is 0 Å². The molecule has 0 saturated heterocycles. The van der Waals surface area contributed by atoms with Crippen LogP contribution in [0.3, 0.4) is 0 Å². The Morgan fingerprint density at radius 2 is 2.31 bits per heavy atom. The average Bonchev–Trinajstić information content (AvgIpc) is 2.62. The molecule has 0 heterocycles. The number of carbonyl (C=O) groups is 2. The fourth-order valence-electron chi connectivity index (χ4n) is 1.65. The quantitative estimate of drug-likeness (QED) is 0.340. The number of hydrogen-bond acceptors (Lipinski definition) is 3. The molecule has 0 aromatic rings. The van der Waals surface area contributed by atoms with E-state index in [9.17, 15) is 9.59 Å². The molecule has 1 saturated carbocycles. The molecule has 0 N–H and O–H groups in total. The van der Waals surface area contributed by atoms with Crippen molar-refractivity contribution in [3.05, 3.63) is 0 Å². The van der Waals surface area contributed by atoms with Gasteiger partial charge < -0.3 is 4.74 Å². The maximum Gasteiger partial charge on any atom is 0.308 e. The molecule has 0 spiro atoms. The van der Waals surface area contributed by atoms with Gasteiger partial charge in [0.25, 0.3) is 0 Å². The summed E-state index contributed by atoms with van der Waals surface area (Å²) in [5.74, 6) is 5.21. The van der Waals surface area contributed by atoms with Gasteiger partial charge in [0.15, 0.2) is 6.29 Å². The minimum Gasteiger partial charge on any atom is -0.469 e. The van der Waals surface area contributed by atoms with Crippen molar-refractivity contribution in [2.45, 2.75) is 19.3 Å². The third-order valence-electron chi connectivity index (χ3n) is 2.31. The van der Waals surface area contributed by atoms with Crippen LogP contribution in [0.2, 0.25) is 0 Å². The number of carbonyl (C=O) groups excluding carboxylic acids is 2. The summed E-state index contributed by atoms with van der Waals surface area (Å²) in [6.07, 6.45) is 3.03. The van der Waals surface area contributed by atoms with E-state index in [1.807, 2.05) is 0 Å². The molecule has 0 bridgehead atoms. The predicted octanol–water partition coefficient (Wildman–Crippen LogP) is 0.778. The lowest BCUT2D eigenvalue weighted by atomic mass is 10.1. The SMILES string of the molecule is COC(=O)[C@H]1CC[C@@H](C#CC=O)C1. The second kappa shape index (κ2) is 4.66. The van der Waals surface area contributed by atoms with Crippen molar-refractivity contribution in [2.24, 2.45) is 11.8 Å². The van der Waals surface area contributed by atoms with E-state index in [1.54, 1.807) is 0 Å². The highest BCUT2D eigenvalue weighted by atomic mass is 16.5. The van der Waals surface area contributed by atoms with Gasteiger partial charge in [-0.05, 0) is 25.2 Å². The summed E-state index contributed by atoms with van der Waals surface area (Å²) < 4.78 is 4.63. The first-order chi connectivity index (χ1) is 6.27. The zero-order chi connectivity index (χ0) is 9.68. The van der Waals surface area contributed by atoms with Crippen molar-refractivity contribution in [1.82, 2.24) is 0 Å². The maximum absolute atomic E-state index is 11.1. The summed E-state index contributed by atoms with van der Waals surface area (Å²) in [7, 11) is 1.40. The third-order valence-corrected chi connectivity index (χ3v) is 2.31. The molecular formula is C10H12O3. The molecule has 0 aromatic carbocycles. The summed E-state index contributed by atoms with van der Waals surface area (Å²) in [4.78, 5) is 21.1. The fourth-order valence-corrected chi connectivity index (χ4v) is 1.65. The van der Waals surface area contributed by atoms with Gasteiger partial charge in [0.1, 0.15) is 0 Å². The molecule has 1 aliphatic rings. The van der Waals surface area contributed by atoms with Gasteiger partial charge in [-0.15, -0.1) is 0 Å². The zero-order valence-corrected chi connectivity index (χ0v) is 7.58. The first kappa shape index (κ1) is 9.79. The highest BCUT2D eigenvalue weighted by molar-refractivity contribution is 5.74. The second-order valence-electron chi connectivity index (χ2n) is 3.14. The lowest BCUT2D eigenvalue weighted by Gasteiger charge is -2.04. The Bertz CT molecular complexity index is 259. The molecule has 1 fully saturated rings. The van der Waals surface area contributed by atoms with Gasteiger partial charge in [-0.3, -0.25) is 9.59 Å². The molecule has 0 amide bonds. The van der Waals surface area contributed by atoms with E-state index in [1.165, 1.54) is 7.11 Å². The largest absolute Gasteiger partial charge is 0.469 e. The average molecular weight is 180 g/mol. The molecule has 1 aliphatic carbocycles. The van der Waals surface area contributed by atoms with Gasteiger partial charge in [-0.1, -0.05) is 5.92 Å². The van der Waals surface area contributed by atoms with Crippen molar-refractivity contribution in [2.75, 3.05) is 7.11 Å². The Labute approximate surface area is 77.5 Å². The molecular weight excluding hydrogens is 168 g/mol. The molecule has 13 heavy (non-hydrogen) atoms. The van der Waals surface area contributed by atoms with Crippen molar-refractivity contribution < 1.29 is 14.3 Å². The van der Waals surface area contributed by atoms with Gasteiger partial charge in [0.2, 0.25) is 0 Å². The summed E-state index contributed by atoms with van der Waals surface area (Å²) >= 11 is 0. The van der Waals surface area contributed by atoms with Crippen LogP contribution in [0.4, 0.5) is 0 Å². The van der Waals surface area contributed by atoms with Crippen molar-refractivity contribution >= 4 is 12.3 Å². The van der Waals surface area contributed by atoms with Crippen LogP contribution in [0, 0.1) is 23.7 Å². The highest BCUT2D eigenvalue weighted by Gasteiger charge is 2.29. The lowest BCUT2D eigenvalue weighted by Crippen LogP contribution is -2.12. The van der Waals surface area contributed by atoms with E-state index in [4.69, 9.17) is 0 Å². The van der Waals surface area contributed by atoms with Gasteiger partial charge in [0.05, 0.1) is 13.0 Å². The maximum atomic E-state index is 11.1. The topological polar surface area (TPSA) is 43.4 Å². The van der Waals surface area contributed by atoms with Crippen LogP contribution in [-0.2, 0) is 14.3 Å². The van der Waals surface area contributed by atoms with E-state index >= 15 is 0 Å². The summed E-state index contributed by atoms with van der Waals surface area (Å²) in [5.41, 5.74) is 0. The van der Waals surface area contributed by atoms with Crippen LogP contribution in [0.25, 0.3) is 0 Å². The van der Waals surface area contributed by atoms with Gasteiger partial charge in [-0.25, -0.2) is 0 Å². The molecule has 0 radical (unpaired) electrons. The lowest BCUT2D eigenvalue weighted by molar-refractivity contribution is -0.145. The summed E-state index contributed by atoms with van der Waals surface area (Å²) in [5, 5.41) is 0. The molecule has 70 valence electrons. The number of esters is 1. The predicted molar refractivity (Wildman–Crippen MR) is 46.7 cm³/mol. The number of methoxy groups -OCH3 is 1. The first-order valence-corrected chi connectivity index (χ1v) is 4.30. The van der Waals surface area contributed by atoms with Gasteiger partial charge >= 0.3 is 5.97 Å². The number of ether oxygens (including phenoxy) is 1. The van der Waals surface area contributed by atoms with Crippen LogP contribution in [0.1, 0.15) is 19.3 Å². The first-order valence-electron chi connectivity index (χ1n) is 4.30. The number of aldehydes is 1. The Kier molecular flexibility index (Phi) is 3.51. The Morgan fingerprint density at radius 1 is 1.54 bits per heavy atom. The van der Waals surface area contributed by atoms with Crippen LogP contribution in [-0.4, -0.2) is 19.4 Å².